The van der Waals surface area contributed by atoms with E-state index in [1.165, 1.54) is 18.0 Å². The van der Waals surface area contributed by atoms with Gasteiger partial charge in [-0.25, -0.2) is 9.97 Å². The Morgan fingerprint density at radius 1 is 1.52 bits per heavy atom. The summed E-state index contributed by atoms with van der Waals surface area (Å²) in [6, 6.07) is 0. The monoisotopic (exact) mass is 329 g/mol. The maximum atomic E-state index is 12.1. The Hall–Kier alpha value is -1.34. The van der Waals surface area contributed by atoms with Crippen LogP contribution < -0.4 is 5.32 Å². The second-order valence-electron chi connectivity index (χ2n) is 4.90. The normalized spacial score (nSPS) is 21.2. The van der Waals surface area contributed by atoms with E-state index in [9.17, 15) is 9.59 Å². The molecule has 1 heterocycles. The van der Waals surface area contributed by atoms with Crippen LogP contribution in [0.4, 0.5) is 0 Å². The molecule has 114 valence electrons. The molecule has 0 bridgehead atoms. The molecule has 2 rings (SSSR count). The average molecular weight is 330 g/mol. The van der Waals surface area contributed by atoms with Crippen LogP contribution in [-0.4, -0.2) is 39.8 Å². The van der Waals surface area contributed by atoms with E-state index in [4.69, 9.17) is 16.7 Å². The van der Waals surface area contributed by atoms with Crippen molar-refractivity contribution in [3.8, 4) is 0 Å². The highest BCUT2D eigenvalue weighted by atomic mass is 35.5. The third kappa shape index (κ3) is 3.85. The van der Waals surface area contributed by atoms with Crippen LogP contribution in [0.2, 0.25) is 5.02 Å². The Labute approximate surface area is 131 Å². The van der Waals surface area contributed by atoms with Gasteiger partial charge >= 0.3 is 5.97 Å². The highest BCUT2D eigenvalue weighted by molar-refractivity contribution is 7.98. The van der Waals surface area contributed by atoms with Gasteiger partial charge in [0.05, 0.1) is 17.1 Å². The molecule has 8 heteroatoms. The molecule has 2 unspecified atom stereocenters. The average Bonchev–Trinajstić information content (AvgIpc) is 2.94. The Balaban J connectivity index is 2.00. The maximum absolute atomic E-state index is 12.1. The van der Waals surface area contributed by atoms with E-state index in [-0.39, 0.29) is 22.6 Å². The first-order valence-corrected chi connectivity index (χ1v) is 8.20. The fourth-order valence-corrected chi connectivity index (χ4v) is 3.04. The lowest BCUT2D eigenvalue weighted by Crippen LogP contribution is -2.33. The van der Waals surface area contributed by atoms with Gasteiger partial charge in [-0.05, 0) is 25.0 Å². The van der Waals surface area contributed by atoms with E-state index in [1.807, 2.05) is 0 Å². The number of halogens is 1. The number of carbonyl (C=O) groups excluding carboxylic acids is 1. The summed E-state index contributed by atoms with van der Waals surface area (Å²) in [5.74, 6) is -1.61. The molecule has 1 amide bonds. The van der Waals surface area contributed by atoms with Gasteiger partial charge in [-0.2, -0.15) is 0 Å². The lowest BCUT2D eigenvalue weighted by Gasteiger charge is -2.16. The predicted molar refractivity (Wildman–Crippen MR) is 79.6 cm³/mol. The summed E-state index contributed by atoms with van der Waals surface area (Å²) < 4.78 is 0. The Morgan fingerprint density at radius 3 is 2.95 bits per heavy atom. The molecule has 1 aliphatic carbocycles. The topological polar surface area (TPSA) is 92.2 Å². The van der Waals surface area contributed by atoms with E-state index in [0.29, 0.717) is 18.1 Å². The molecule has 0 saturated heterocycles. The Bertz CT molecular complexity index is 555. The number of aliphatic carboxylic acids is 1. The zero-order valence-electron chi connectivity index (χ0n) is 11.5. The van der Waals surface area contributed by atoms with Crippen LogP contribution in [0.3, 0.4) is 0 Å². The van der Waals surface area contributed by atoms with Gasteiger partial charge in [0.25, 0.3) is 5.91 Å². The van der Waals surface area contributed by atoms with Crippen LogP contribution >= 0.6 is 23.4 Å². The van der Waals surface area contributed by atoms with Crippen LogP contribution in [0.15, 0.2) is 11.4 Å². The third-order valence-corrected chi connectivity index (χ3v) is 4.46. The van der Waals surface area contributed by atoms with E-state index in [2.05, 4.69) is 15.3 Å². The van der Waals surface area contributed by atoms with Gasteiger partial charge in [-0.15, -0.1) is 0 Å². The van der Waals surface area contributed by atoms with Gasteiger partial charge in [0.1, 0.15) is 0 Å². The summed E-state index contributed by atoms with van der Waals surface area (Å²) >= 11 is 7.25. The molecule has 1 fully saturated rings. The summed E-state index contributed by atoms with van der Waals surface area (Å²) in [4.78, 5) is 31.3. The zero-order chi connectivity index (χ0) is 15.4. The van der Waals surface area contributed by atoms with Crippen molar-refractivity contribution in [3.05, 3.63) is 16.9 Å². The Kier molecular flexibility index (Phi) is 5.41. The van der Waals surface area contributed by atoms with Crippen molar-refractivity contribution in [2.24, 2.45) is 11.8 Å². The number of carboxylic acid groups (broad SMARTS) is 1. The summed E-state index contributed by atoms with van der Waals surface area (Å²) in [5, 5.41) is 12.5. The van der Waals surface area contributed by atoms with E-state index >= 15 is 0 Å². The van der Waals surface area contributed by atoms with Crippen molar-refractivity contribution in [1.29, 1.82) is 0 Å². The highest BCUT2D eigenvalue weighted by Gasteiger charge is 2.33. The first-order chi connectivity index (χ1) is 10.0. The molecular weight excluding hydrogens is 314 g/mol. The number of carboxylic acids is 1. The number of thioether (sulfide) groups is 1. The number of carbonyl (C=O) groups is 2. The molecule has 1 saturated carbocycles. The standard InChI is InChI=1S/C13H16ClN3O3S/c1-21-13-16-6-9(14)10(17-13)11(18)15-5-7-3-2-4-8(7)12(19)20/h6-8H,2-5H2,1H3,(H,15,18)(H,19,20). The smallest absolute Gasteiger partial charge is 0.306 e. The number of nitrogens with zero attached hydrogens (tertiary/aromatic N) is 2. The number of rotatable bonds is 5. The maximum Gasteiger partial charge on any atom is 0.306 e. The molecule has 0 aliphatic heterocycles. The van der Waals surface area contributed by atoms with E-state index in [0.717, 1.165) is 12.8 Å². The minimum atomic E-state index is -0.795. The number of aromatic nitrogens is 2. The minimum absolute atomic E-state index is 0.0351. The van der Waals surface area contributed by atoms with Crippen molar-refractivity contribution in [2.75, 3.05) is 12.8 Å². The number of hydrogen-bond donors (Lipinski definition) is 2. The van der Waals surface area contributed by atoms with Gasteiger partial charge in [0, 0.05) is 6.54 Å². The predicted octanol–water partition coefficient (Wildman–Crippen LogP) is 2.08. The van der Waals surface area contributed by atoms with Crippen LogP contribution in [0.5, 0.6) is 0 Å². The first kappa shape index (κ1) is 16.0. The number of amides is 1. The third-order valence-electron chi connectivity index (χ3n) is 3.62. The van der Waals surface area contributed by atoms with Crippen molar-refractivity contribution in [2.45, 2.75) is 24.4 Å². The van der Waals surface area contributed by atoms with Gasteiger partial charge in [0.15, 0.2) is 10.9 Å². The molecule has 0 spiro atoms. The van der Waals surface area contributed by atoms with Gasteiger partial charge < -0.3 is 10.4 Å². The second-order valence-corrected chi connectivity index (χ2v) is 6.08. The molecule has 0 radical (unpaired) electrons. The lowest BCUT2D eigenvalue weighted by molar-refractivity contribution is -0.142. The summed E-state index contributed by atoms with van der Waals surface area (Å²) in [5.41, 5.74) is 0.126. The zero-order valence-corrected chi connectivity index (χ0v) is 13.1. The lowest BCUT2D eigenvalue weighted by atomic mass is 9.96. The molecule has 2 atom stereocenters. The molecule has 6 nitrogen and oxygen atoms in total. The van der Waals surface area contributed by atoms with E-state index in [1.54, 1.807) is 6.26 Å². The molecule has 21 heavy (non-hydrogen) atoms. The summed E-state index contributed by atoms with van der Waals surface area (Å²) in [6.07, 6.45) is 5.56. The Morgan fingerprint density at radius 2 is 2.29 bits per heavy atom. The van der Waals surface area contributed by atoms with Crippen molar-refractivity contribution >= 4 is 35.2 Å². The van der Waals surface area contributed by atoms with Gasteiger partial charge in [0.2, 0.25) is 0 Å². The van der Waals surface area contributed by atoms with E-state index < -0.39 is 11.9 Å². The van der Waals surface area contributed by atoms with Gasteiger partial charge in [-0.3, -0.25) is 9.59 Å². The van der Waals surface area contributed by atoms with Crippen LogP contribution in [0.25, 0.3) is 0 Å². The largest absolute Gasteiger partial charge is 0.481 e. The van der Waals surface area contributed by atoms with Gasteiger partial charge in [-0.1, -0.05) is 29.8 Å². The van der Waals surface area contributed by atoms with Crippen molar-refractivity contribution in [1.82, 2.24) is 15.3 Å². The summed E-state index contributed by atoms with van der Waals surface area (Å²) in [7, 11) is 0. The first-order valence-electron chi connectivity index (χ1n) is 6.60. The minimum Gasteiger partial charge on any atom is -0.481 e. The molecule has 0 aromatic carbocycles. The molecule has 1 aliphatic rings. The van der Waals surface area contributed by atoms with Crippen LogP contribution in [0, 0.1) is 11.8 Å². The molecule has 1 aromatic heterocycles. The highest BCUT2D eigenvalue weighted by Crippen LogP contribution is 2.31. The van der Waals surface area contributed by atoms with Crippen LogP contribution in [-0.2, 0) is 4.79 Å². The quantitative estimate of drug-likeness (QED) is 0.634. The molecule has 2 N–H and O–H groups in total. The second kappa shape index (κ2) is 7.09. The molecular formula is C13H16ClN3O3S. The fourth-order valence-electron chi connectivity index (χ4n) is 2.52. The number of nitrogens with one attached hydrogen (secondary N) is 1. The summed E-state index contributed by atoms with van der Waals surface area (Å²) in [6.45, 7) is 0.324. The van der Waals surface area contributed by atoms with Crippen LogP contribution in [0.1, 0.15) is 29.8 Å². The van der Waals surface area contributed by atoms with Crippen molar-refractivity contribution in [3.63, 3.8) is 0 Å². The number of hydrogen-bond acceptors (Lipinski definition) is 5. The van der Waals surface area contributed by atoms with Crippen molar-refractivity contribution < 1.29 is 14.7 Å². The molecule has 1 aromatic rings. The SMILES string of the molecule is CSc1ncc(Cl)c(C(=O)NCC2CCCC2C(=O)O)n1. The fraction of sp³-hybridized carbons (Fsp3) is 0.538.